The summed E-state index contributed by atoms with van der Waals surface area (Å²) in [6.07, 6.45) is -9.63. The second-order valence-corrected chi connectivity index (χ2v) is 5.34. The standard InChI is InChI=1S/C14H10F6N2O2/c15-13(16,17)10-3-8(2-1-7(10)4-21)22-5-9(12(23)24)11(6-22)14(18,19)20/h1-3,9,11H,5-6H2,(H,23,24)/t9-,11-/m1/s1. The number of benzene rings is 1. The molecule has 1 N–H and O–H groups in total. The molecule has 1 saturated heterocycles. The average Bonchev–Trinajstić information content (AvgIpc) is 2.91. The van der Waals surface area contributed by atoms with Crippen molar-refractivity contribution in [2.24, 2.45) is 11.8 Å². The van der Waals surface area contributed by atoms with E-state index >= 15 is 0 Å². The SMILES string of the molecule is N#Cc1ccc(N2C[C@@H](C(F)(F)F)[C@H](C(=O)O)C2)cc1C(F)(F)F. The van der Waals surface area contributed by atoms with E-state index < -0.39 is 54.4 Å². The van der Waals surface area contributed by atoms with Gasteiger partial charge >= 0.3 is 18.3 Å². The van der Waals surface area contributed by atoms with Gasteiger partial charge in [-0.2, -0.15) is 31.6 Å². The largest absolute Gasteiger partial charge is 0.481 e. The zero-order valence-corrected chi connectivity index (χ0v) is 11.8. The first-order valence-electron chi connectivity index (χ1n) is 6.61. The quantitative estimate of drug-likeness (QED) is 0.830. The van der Waals surface area contributed by atoms with Crippen molar-refractivity contribution in [1.82, 2.24) is 0 Å². The minimum absolute atomic E-state index is 0.209. The predicted octanol–water partition coefficient (Wildman–Crippen LogP) is 3.28. The van der Waals surface area contributed by atoms with Crippen molar-refractivity contribution in [1.29, 1.82) is 5.26 Å². The Morgan fingerprint density at radius 3 is 2.25 bits per heavy atom. The number of halogens is 6. The Morgan fingerprint density at radius 2 is 1.83 bits per heavy atom. The summed E-state index contributed by atoms with van der Waals surface area (Å²) >= 11 is 0. The topological polar surface area (TPSA) is 64.3 Å². The van der Waals surface area contributed by atoms with E-state index in [-0.39, 0.29) is 5.69 Å². The zero-order valence-electron chi connectivity index (χ0n) is 11.8. The molecule has 1 aromatic rings. The van der Waals surface area contributed by atoms with Crippen LogP contribution in [0.15, 0.2) is 18.2 Å². The van der Waals surface area contributed by atoms with Crippen LogP contribution in [0.1, 0.15) is 11.1 Å². The van der Waals surface area contributed by atoms with Crippen LogP contribution in [-0.4, -0.2) is 30.3 Å². The lowest BCUT2D eigenvalue weighted by Gasteiger charge is -2.21. The number of carbonyl (C=O) groups is 1. The number of carboxylic acid groups (broad SMARTS) is 1. The lowest BCUT2D eigenvalue weighted by molar-refractivity contribution is -0.187. The molecule has 0 unspecified atom stereocenters. The van der Waals surface area contributed by atoms with Crippen LogP contribution < -0.4 is 4.90 Å². The molecule has 2 atom stereocenters. The number of aliphatic carboxylic acids is 1. The van der Waals surface area contributed by atoms with Crippen LogP contribution in [0.4, 0.5) is 32.0 Å². The fraction of sp³-hybridized carbons (Fsp3) is 0.429. The molecule has 0 aromatic heterocycles. The molecule has 4 nitrogen and oxygen atoms in total. The minimum Gasteiger partial charge on any atom is -0.481 e. The Labute approximate surface area is 131 Å². The summed E-state index contributed by atoms with van der Waals surface area (Å²) in [5.74, 6) is -5.61. The van der Waals surface area contributed by atoms with Crippen molar-refractivity contribution >= 4 is 11.7 Å². The van der Waals surface area contributed by atoms with E-state index in [1.807, 2.05) is 0 Å². The first-order valence-corrected chi connectivity index (χ1v) is 6.61. The Hall–Kier alpha value is -2.44. The summed E-state index contributed by atoms with van der Waals surface area (Å²) in [5.41, 5.74) is -2.14. The van der Waals surface area contributed by atoms with E-state index in [1.54, 1.807) is 0 Å². The van der Waals surface area contributed by atoms with Gasteiger partial charge in [0.05, 0.1) is 29.0 Å². The molecule has 2 rings (SSSR count). The number of alkyl halides is 6. The number of hydrogen-bond acceptors (Lipinski definition) is 3. The molecule has 1 aliphatic rings. The molecule has 1 heterocycles. The summed E-state index contributed by atoms with van der Waals surface area (Å²) in [7, 11) is 0. The highest BCUT2D eigenvalue weighted by atomic mass is 19.4. The first kappa shape index (κ1) is 17.9. The molecule has 0 bridgehead atoms. The van der Waals surface area contributed by atoms with Crippen LogP contribution in [0.25, 0.3) is 0 Å². The van der Waals surface area contributed by atoms with E-state index in [0.29, 0.717) is 6.07 Å². The molecule has 0 spiro atoms. The number of hydrogen-bond donors (Lipinski definition) is 1. The predicted molar refractivity (Wildman–Crippen MR) is 69.0 cm³/mol. The molecule has 0 aliphatic carbocycles. The van der Waals surface area contributed by atoms with Crippen LogP contribution in [-0.2, 0) is 11.0 Å². The van der Waals surface area contributed by atoms with Crippen LogP contribution >= 0.6 is 0 Å². The molecule has 24 heavy (non-hydrogen) atoms. The molecule has 130 valence electrons. The maximum atomic E-state index is 12.9. The first-order chi connectivity index (χ1) is 10.9. The Kier molecular flexibility index (Phi) is 4.39. The summed E-state index contributed by atoms with van der Waals surface area (Å²) in [6, 6.07) is 3.86. The van der Waals surface area contributed by atoms with Gasteiger partial charge in [-0.05, 0) is 18.2 Å². The molecule has 0 amide bonds. The van der Waals surface area contributed by atoms with Gasteiger partial charge in [0.15, 0.2) is 0 Å². The highest BCUT2D eigenvalue weighted by Gasteiger charge is 2.52. The van der Waals surface area contributed by atoms with Crippen LogP contribution in [0.5, 0.6) is 0 Å². The van der Waals surface area contributed by atoms with E-state index in [0.717, 1.165) is 17.0 Å². The van der Waals surface area contributed by atoms with E-state index in [9.17, 15) is 31.1 Å². The fourth-order valence-electron chi connectivity index (χ4n) is 2.66. The number of nitrogens with zero attached hydrogens (tertiary/aromatic N) is 2. The van der Waals surface area contributed by atoms with Gasteiger partial charge in [0.25, 0.3) is 0 Å². The van der Waals surface area contributed by atoms with Gasteiger partial charge in [0, 0.05) is 18.8 Å². The highest BCUT2D eigenvalue weighted by molar-refractivity contribution is 5.73. The van der Waals surface area contributed by atoms with Crippen molar-refractivity contribution in [3.63, 3.8) is 0 Å². The summed E-state index contributed by atoms with van der Waals surface area (Å²) in [4.78, 5) is 12.0. The number of rotatable bonds is 2. The van der Waals surface area contributed by atoms with E-state index in [4.69, 9.17) is 10.4 Å². The second kappa shape index (κ2) is 5.89. The Morgan fingerprint density at radius 1 is 1.21 bits per heavy atom. The van der Waals surface area contributed by atoms with Gasteiger partial charge in [0.1, 0.15) is 0 Å². The molecule has 1 fully saturated rings. The maximum Gasteiger partial charge on any atom is 0.417 e. The third-order valence-corrected chi connectivity index (χ3v) is 3.85. The summed E-state index contributed by atoms with van der Waals surface area (Å²) in [6.45, 7) is -1.33. The molecule has 10 heteroatoms. The van der Waals surface area contributed by atoms with Crippen molar-refractivity contribution in [3.8, 4) is 6.07 Å². The zero-order chi connectivity index (χ0) is 18.3. The molecular formula is C14H10F6N2O2. The normalized spacial score (nSPS) is 21.6. The van der Waals surface area contributed by atoms with Crippen molar-refractivity contribution in [2.45, 2.75) is 12.4 Å². The molecule has 0 saturated carbocycles. The third kappa shape index (κ3) is 3.39. The highest BCUT2D eigenvalue weighted by Crippen LogP contribution is 2.41. The average molecular weight is 352 g/mol. The van der Waals surface area contributed by atoms with E-state index in [2.05, 4.69) is 0 Å². The number of carboxylic acids is 1. The van der Waals surface area contributed by atoms with E-state index in [1.165, 1.54) is 6.07 Å². The van der Waals surface area contributed by atoms with Gasteiger partial charge in [-0.15, -0.1) is 0 Å². The third-order valence-electron chi connectivity index (χ3n) is 3.85. The Balaban J connectivity index is 2.40. The summed E-state index contributed by atoms with van der Waals surface area (Å²) < 4.78 is 77.6. The second-order valence-electron chi connectivity index (χ2n) is 5.34. The molecule has 1 aliphatic heterocycles. The number of anilines is 1. The van der Waals surface area contributed by atoms with Gasteiger partial charge < -0.3 is 10.0 Å². The molecule has 0 radical (unpaired) electrons. The van der Waals surface area contributed by atoms with Crippen LogP contribution in [0.3, 0.4) is 0 Å². The number of nitriles is 1. The van der Waals surface area contributed by atoms with Gasteiger partial charge in [0.2, 0.25) is 0 Å². The van der Waals surface area contributed by atoms with Crippen molar-refractivity contribution < 1.29 is 36.2 Å². The van der Waals surface area contributed by atoms with Crippen molar-refractivity contribution in [3.05, 3.63) is 29.3 Å². The molecule has 1 aromatic carbocycles. The van der Waals surface area contributed by atoms with Gasteiger partial charge in [-0.25, -0.2) is 0 Å². The lowest BCUT2D eigenvalue weighted by atomic mass is 9.96. The summed E-state index contributed by atoms with van der Waals surface area (Å²) in [5, 5.41) is 17.6. The minimum atomic E-state index is -4.85. The Bertz CT molecular complexity index is 692. The smallest absolute Gasteiger partial charge is 0.417 e. The van der Waals surface area contributed by atoms with Gasteiger partial charge in [-0.3, -0.25) is 4.79 Å². The van der Waals surface area contributed by atoms with Crippen LogP contribution in [0, 0.1) is 23.2 Å². The maximum absolute atomic E-state index is 12.9. The lowest BCUT2D eigenvalue weighted by Crippen LogP contribution is -2.33. The van der Waals surface area contributed by atoms with Crippen molar-refractivity contribution in [2.75, 3.05) is 18.0 Å². The monoisotopic (exact) mass is 352 g/mol. The fourth-order valence-corrected chi connectivity index (χ4v) is 2.66. The molecular weight excluding hydrogens is 342 g/mol. The van der Waals surface area contributed by atoms with Crippen LogP contribution in [0.2, 0.25) is 0 Å². The van der Waals surface area contributed by atoms with Gasteiger partial charge in [-0.1, -0.05) is 0 Å².